The highest BCUT2D eigenvalue weighted by molar-refractivity contribution is 7.19. The largest absolute Gasteiger partial charge is 0.365 e. The summed E-state index contributed by atoms with van der Waals surface area (Å²) in [7, 11) is 0. The van der Waals surface area contributed by atoms with Gasteiger partial charge in [0.15, 0.2) is 0 Å². The van der Waals surface area contributed by atoms with Gasteiger partial charge in [-0.1, -0.05) is 29.8 Å². The van der Waals surface area contributed by atoms with Crippen LogP contribution in [0.25, 0.3) is 10.1 Å². The summed E-state index contributed by atoms with van der Waals surface area (Å²) in [6.45, 7) is 2.57. The molecule has 3 nitrogen and oxygen atoms in total. The summed E-state index contributed by atoms with van der Waals surface area (Å²) in [5.74, 6) is 1.43. The first-order valence-electron chi connectivity index (χ1n) is 5.93. The van der Waals surface area contributed by atoms with Gasteiger partial charge in [-0.2, -0.15) is 0 Å². The van der Waals surface area contributed by atoms with Crippen molar-refractivity contribution in [2.24, 2.45) is 0 Å². The normalized spacial score (nSPS) is 10.8. The van der Waals surface area contributed by atoms with Crippen LogP contribution in [0.15, 0.2) is 36.4 Å². The van der Waals surface area contributed by atoms with Gasteiger partial charge < -0.3 is 5.32 Å². The summed E-state index contributed by atoms with van der Waals surface area (Å²) in [6, 6.07) is 12.3. The van der Waals surface area contributed by atoms with Crippen molar-refractivity contribution in [2.45, 2.75) is 13.5 Å². The van der Waals surface area contributed by atoms with Crippen LogP contribution in [0.4, 0.5) is 5.82 Å². The Kier molecular flexibility index (Phi) is 3.36. The monoisotopic (exact) mass is 289 g/mol. The van der Waals surface area contributed by atoms with Crippen molar-refractivity contribution in [1.82, 2.24) is 9.97 Å². The fourth-order valence-corrected chi connectivity index (χ4v) is 3.15. The Morgan fingerprint density at radius 2 is 2.05 bits per heavy atom. The van der Waals surface area contributed by atoms with Crippen molar-refractivity contribution < 1.29 is 0 Å². The molecule has 0 spiro atoms. The SMILES string of the molecule is Cc1nc(Cl)cc(NCc2cc3ccccc3s2)n1. The third-order valence-corrected chi connectivity index (χ3v) is 4.04. The number of aromatic nitrogens is 2. The highest BCUT2D eigenvalue weighted by atomic mass is 35.5. The molecule has 0 saturated heterocycles. The highest BCUT2D eigenvalue weighted by Crippen LogP contribution is 2.25. The van der Waals surface area contributed by atoms with Crippen LogP contribution >= 0.6 is 22.9 Å². The maximum Gasteiger partial charge on any atom is 0.134 e. The second-order valence-corrected chi connectivity index (χ2v) is 5.78. The van der Waals surface area contributed by atoms with Crippen LogP contribution in [0.3, 0.4) is 0 Å². The topological polar surface area (TPSA) is 37.8 Å². The minimum Gasteiger partial charge on any atom is -0.365 e. The molecule has 0 aliphatic rings. The number of benzene rings is 1. The number of nitrogens with zero attached hydrogens (tertiary/aromatic N) is 2. The van der Waals surface area contributed by atoms with E-state index in [0.717, 1.165) is 12.4 Å². The molecule has 3 aromatic rings. The van der Waals surface area contributed by atoms with Crippen molar-refractivity contribution in [1.29, 1.82) is 0 Å². The number of aryl methyl sites for hydroxylation is 1. The molecule has 5 heteroatoms. The molecule has 96 valence electrons. The average Bonchev–Trinajstić information content (AvgIpc) is 2.78. The molecule has 0 amide bonds. The number of hydrogen-bond donors (Lipinski definition) is 1. The van der Waals surface area contributed by atoms with Crippen molar-refractivity contribution in [3.05, 3.63) is 52.3 Å². The van der Waals surface area contributed by atoms with Crippen LogP contribution in [-0.2, 0) is 6.54 Å². The average molecular weight is 290 g/mol. The molecular formula is C14H12ClN3S. The fraction of sp³-hybridized carbons (Fsp3) is 0.143. The Morgan fingerprint density at radius 1 is 1.21 bits per heavy atom. The van der Waals surface area contributed by atoms with Crippen LogP contribution in [0.2, 0.25) is 5.15 Å². The third kappa shape index (κ3) is 2.85. The van der Waals surface area contributed by atoms with Crippen LogP contribution < -0.4 is 5.32 Å². The van der Waals surface area contributed by atoms with Crippen molar-refractivity contribution in [3.63, 3.8) is 0 Å². The molecule has 0 aliphatic carbocycles. The van der Waals surface area contributed by atoms with Gasteiger partial charge in [-0.05, 0) is 24.4 Å². The molecule has 19 heavy (non-hydrogen) atoms. The molecule has 0 unspecified atom stereocenters. The summed E-state index contributed by atoms with van der Waals surface area (Å²) >= 11 is 7.69. The minimum atomic E-state index is 0.464. The standard InChI is InChI=1S/C14H12ClN3S/c1-9-17-13(15)7-14(18-9)16-8-11-6-10-4-2-3-5-12(10)19-11/h2-7H,8H2,1H3,(H,16,17,18). The number of fused-ring (bicyclic) bond motifs is 1. The highest BCUT2D eigenvalue weighted by Gasteiger charge is 2.03. The Labute approximate surface area is 120 Å². The van der Waals surface area contributed by atoms with Gasteiger partial charge in [0.2, 0.25) is 0 Å². The van der Waals surface area contributed by atoms with Gasteiger partial charge in [0, 0.05) is 15.6 Å². The van der Waals surface area contributed by atoms with Crippen LogP contribution in [-0.4, -0.2) is 9.97 Å². The molecule has 0 atom stereocenters. The Morgan fingerprint density at radius 3 is 2.84 bits per heavy atom. The summed E-state index contributed by atoms with van der Waals surface area (Å²) < 4.78 is 1.30. The molecular weight excluding hydrogens is 278 g/mol. The molecule has 3 rings (SSSR count). The zero-order valence-corrected chi connectivity index (χ0v) is 11.9. The Hall–Kier alpha value is -1.65. The first kappa shape index (κ1) is 12.4. The maximum absolute atomic E-state index is 5.91. The quantitative estimate of drug-likeness (QED) is 0.732. The molecule has 2 heterocycles. The first-order chi connectivity index (χ1) is 9.20. The van der Waals surface area contributed by atoms with Crippen molar-refractivity contribution >= 4 is 38.8 Å². The smallest absolute Gasteiger partial charge is 0.134 e. The molecule has 1 aromatic carbocycles. The predicted molar refractivity (Wildman–Crippen MR) is 80.9 cm³/mol. The second-order valence-electron chi connectivity index (χ2n) is 4.23. The first-order valence-corrected chi connectivity index (χ1v) is 7.13. The lowest BCUT2D eigenvalue weighted by Crippen LogP contribution is -2.01. The summed E-state index contributed by atoms with van der Waals surface area (Å²) in [5, 5.41) is 5.02. The van der Waals surface area contributed by atoms with Crippen molar-refractivity contribution in [2.75, 3.05) is 5.32 Å². The van der Waals surface area contributed by atoms with Crippen LogP contribution in [0.1, 0.15) is 10.7 Å². The molecule has 1 N–H and O–H groups in total. The second kappa shape index (κ2) is 5.15. The Balaban J connectivity index is 1.78. The van der Waals surface area contributed by atoms with E-state index in [4.69, 9.17) is 11.6 Å². The fourth-order valence-electron chi connectivity index (χ4n) is 1.92. The van der Waals surface area contributed by atoms with Gasteiger partial charge in [0.25, 0.3) is 0 Å². The number of nitrogens with one attached hydrogen (secondary N) is 1. The molecule has 0 fully saturated rings. The number of rotatable bonds is 3. The number of halogens is 1. The summed E-state index contributed by atoms with van der Waals surface area (Å²) in [4.78, 5) is 9.61. The van der Waals surface area contributed by atoms with Crippen LogP contribution in [0.5, 0.6) is 0 Å². The lowest BCUT2D eigenvalue weighted by Gasteiger charge is -2.04. The van der Waals surface area contributed by atoms with E-state index in [1.54, 1.807) is 17.4 Å². The van der Waals surface area contributed by atoms with Gasteiger partial charge in [0.1, 0.15) is 16.8 Å². The zero-order chi connectivity index (χ0) is 13.2. The van der Waals surface area contributed by atoms with Gasteiger partial charge in [-0.25, -0.2) is 9.97 Å². The summed E-state index contributed by atoms with van der Waals surface area (Å²) in [6.07, 6.45) is 0. The third-order valence-electron chi connectivity index (χ3n) is 2.73. The van der Waals surface area contributed by atoms with E-state index in [0.29, 0.717) is 11.0 Å². The number of thiophene rings is 1. The van der Waals surface area contributed by atoms with Crippen molar-refractivity contribution in [3.8, 4) is 0 Å². The van der Waals surface area contributed by atoms with Gasteiger partial charge in [-0.15, -0.1) is 11.3 Å². The van der Waals surface area contributed by atoms with E-state index in [1.165, 1.54) is 15.0 Å². The van der Waals surface area contributed by atoms with E-state index in [1.807, 2.05) is 6.92 Å². The minimum absolute atomic E-state index is 0.464. The van der Waals surface area contributed by atoms with E-state index in [2.05, 4.69) is 45.6 Å². The van der Waals surface area contributed by atoms with Crippen LogP contribution in [0, 0.1) is 6.92 Å². The Bertz CT molecular complexity index is 670. The molecule has 0 saturated carbocycles. The van der Waals surface area contributed by atoms with Gasteiger partial charge >= 0.3 is 0 Å². The van der Waals surface area contributed by atoms with Gasteiger partial charge in [0.05, 0.1) is 6.54 Å². The number of hydrogen-bond acceptors (Lipinski definition) is 4. The van der Waals surface area contributed by atoms with E-state index >= 15 is 0 Å². The molecule has 0 bridgehead atoms. The zero-order valence-electron chi connectivity index (χ0n) is 10.4. The molecule has 2 aromatic heterocycles. The van der Waals surface area contributed by atoms with E-state index in [-0.39, 0.29) is 0 Å². The molecule has 0 aliphatic heterocycles. The summed E-state index contributed by atoms with van der Waals surface area (Å²) in [5.41, 5.74) is 0. The lowest BCUT2D eigenvalue weighted by atomic mass is 10.2. The lowest BCUT2D eigenvalue weighted by molar-refractivity contribution is 1.03. The van der Waals surface area contributed by atoms with E-state index in [9.17, 15) is 0 Å². The maximum atomic E-state index is 5.91. The van der Waals surface area contributed by atoms with Gasteiger partial charge in [-0.3, -0.25) is 0 Å². The molecule has 0 radical (unpaired) electrons. The van der Waals surface area contributed by atoms with E-state index < -0.39 is 0 Å². The number of anilines is 1. The predicted octanol–water partition coefficient (Wildman–Crippen LogP) is 4.27.